The quantitative estimate of drug-likeness (QED) is 0.0858. The Balaban J connectivity index is 0.773. The topological polar surface area (TPSA) is 206 Å². The van der Waals surface area contributed by atoms with E-state index >= 15 is 0 Å². The molecule has 1 amide bonds. The molecule has 20 heteroatoms. The van der Waals surface area contributed by atoms with Crippen molar-refractivity contribution in [3.8, 4) is 17.4 Å². The van der Waals surface area contributed by atoms with Gasteiger partial charge in [0.25, 0.3) is 21.6 Å². The molecule has 8 aliphatic rings. The first-order valence-corrected chi connectivity index (χ1v) is 27.4. The molecule has 384 valence electrons. The molecule has 1 saturated carbocycles. The number of ether oxygens (including phenoxy) is 5. The van der Waals surface area contributed by atoms with Crippen molar-refractivity contribution in [1.82, 2.24) is 24.5 Å². The van der Waals surface area contributed by atoms with Crippen LogP contribution in [0.25, 0.3) is 11.0 Å². The lowest BCUT2D eigenvalue weighted by Gasteiger charge is -2.56. The minimum Gasteiger partial charge on any atom is -0.491 e. The number of nitro groups is 1. The number of carbonyl (C=O) groups is 1. The summed E-state index contributed by atoms with van der Waals surface area (Å²) in [6.45, 7) is 9.70. The van der Waals surface area contributed by atoms with Crippen LogP contribution in [0.3, 0.4) is 0 Å². The molecule has 7 aliphatic heterocycles. The number of benzene rings is 3. The fourth-order valence-corrected chi connectivity index (χ4v) is 14.2. The summed E-state index contributed by atoms with van der Waals surface area (Å²) in [5, 5.41) is 16.7. The lowest BCUT2D eigenvalue weighted by Crippen LogP contribution is -2.55. The average Bonchev–Trinajstić information content (AvgIpc) is 4.25. The van der Waals surface area contributed by atoms with E-state index in [9.17, 15) is 23.3 Å². The van der Waals surface area contributed by atoms with Crippen molar-refractivity contribution in [2.24, 2.45) is 5.41 Å². The number of aromatic amines is 1. The minimum absolute atomic E-state index is 0.0225. The predicted octanol–water partition coefficient (Wildman–Crippen LogP) is 6.91. The van der Waals surface area contributed by atoms with E-state index in [2.05, 4.69) is 67.8 Å². The monoisotopic (exact) mass is 1020 g/mol. The number of para-hydroxylation sites is 1. The van der Waals surface area contributed by atoms with Gasteiger partial charge in [-0.25, -0.2) is 13.1 Å². The third-order valence-electron chi connectivity index (χ3n) is 16.8. The molecule has 73 heavy (non-hydrogen) atoms. The molecule has 1 aliphatic carbocycles. The number of H-pyrrole nitrogens is 1. The van der Waals surface area contributed by atoms with Gasteiger partial charge in [0.15, 0.2) is 11.4 Å². The highest BCUT2D eigenvalue weighted by molar-refractivity contribution is 7.90. The van der Waals surface area contributed by atoms with Crippen molar-refractivity contribution in [2.75, 3.05) is 74.3 Å². The van der Waals surface area contributed by atoms with Crippen LogP contribution in [0.1, 0.15) is 80.8 Å². The Kier molecular flexibility index (Phi) is 11.5. The van der Waals surface area contributed by atoms with Gasteiger partial charge >= 0.3 is 0 Å². The molecule has 3 aromatic carbocycles. The number of pyridine rings is 1. The molecule has 2 aromatic heterocycles. The van der Waals surface area contributed by atoms with E-state index in [1.165, 1.54) is 18.1 Å². The first kappa shape index (κ1) is 46.6. The van der Waals surface area contributed by atoms with Crippen LogP contribution < -0.4 is 34.0 Å². The van der Waals surface area contributed by atoms with E-state index in [0.717, 1.165) is 87.6 Å². The smallest absolute Gasteiger partial charge is 0.297 e. The van der Waals surface area contributed by atoms with E-state index in [4.69, 9.17) is 28.7 Å². The zero-order valence-electron chi connectivity index (χ0n) is 41.0. The van der Waals surface area contributed by atoms with Crippen LogP contribution in [0.5, 0.6) is 17.4 Å². The molecular formula is C53H61N9O10S. The van der Waals surface area contributed by atoms with Gasteiger partial charge < -0.3 is 43.8 Å². The Morgan fingerprint density at radius 3 is 2.64 bits per heavy atom. The van der Waals surface area contributed by atoms with Gasteiger partial charge in [0.1, 0.15) is 29.8 Å². The number of likely N-dealkylation sites (tertiary alicyclic amines) is 2. The summed E-state index contributed by atoms with van der Waals surface area (Å²) in [6, 6.07) is 20.7. The average molecular weight is 1020 g/mol. The molecule has 6 fully saturated rings. The number of hydrogen-bond acceptors (Lipinski definition) is 16. The Labute approximate surface area is 423 Å². The number of hydrogen-bond donors (Lipinski definition) is 3. The van der Waals surface area contributed by atoms with Crippen LogP contribution in [0, 0.1) is 15.5 Å². The lowest BCUT2D eigenvalue weighted by molar-refractivity contribution is -0.384. The van der Waals surface area contributed by atoms with Crippen molar-refractivity contribution in [2.45, 2.75) is 112 Å². The number of rotatable bonds is 12. The van der Waals surface area contributed by atoms with Gasteiger partial charge in [-0.15, -0.1) is 0 Å². The largest absolute Gasteiger partial charge is 0.491 e. The zero-order chi connectivity index (χ0) is 49.8. The summed E-state index contributed by atoms with van der Waals surface area (Å²) in [5.41, 5.74) is 3.89. The van der Waals surface area contributed by atoms with Crippen LogP contribution >= 0.6 is 0 Å². The second-order valence-electron chi connectivity index (χ2n) is 21.7. The fourth-order valence-electron chi connectivity index (χ4n) is 13.2. The van der Waals surface area contributed by atoms with Gasteiger partial charge in [0.2, 0.25) is 5.88 Å². The maximum atomic E-state index is 14.8. The third-order valence-corrected chi connectivity index (χ3v) is 18.1. The molecule has 6 atom stereocenters. The summed E-state index contributed by atoms with van der Waals surface area (Å²) in [5.74, 6) is 0.473. The Hall–Kier alpha value is -6.19. The molecule has 1 spiro atoms. The first-order chi connectivity index (χ1) is 35.3. The molecule has 0 unspecified atom stereocenters. The van der Waals surface area contributed by atoms with Gasteiger partial charge in [-0.1, -0.05) is 18.2 Å². The molecule has 2 bridgehead atoms. The molecule has 0 radical (unpaired) electrons. The maximum absolute atomic E-state index is 14.8. The Morgan fingerprint density at radius 2 is 1.85 bits per heavy atom. The van der Waals surface area contributed by atoms with E-state index in [-0.39, 0.29) is 53.3 Å². The van der Waals surface area contributed by atoms with E-state index < -0.39 is 37.5 Å². The molecule has 19 nitrogen and oxygen atoms in total. The van der Waals surface area contributed by atoms with Gasteiger partial charge in [-0.05, 0) is 107 Å². The first-order valence-electron chi connectivity index (χ1n) is 25.9. The molecule has 3 N–H and O–H groups in total. The molecular weight excluding hydrogens is 955 g/mol. The molecule has 5 aromatic rings. The van der Waals surface area contributed by atoms with Crippen LogP contribution in [-0.4, -0.2) is 141 Å². The molecule has 5 saturated heterocycles. The Bertz CT molecular complexity index is 3100. The zero-order valence-corrected chi connectivity index (χ0v) is 41.9. The van der Waals surface area contributed by atoms with Crippen LogP contribution in [0.2, 0.25) is 0 Å². The van der Waals surface area contributed by atoms with Crippen molar-refractivity contribution in [3.05, 3.63) is 94.2 Å². The highest BCUT2D eigenvalue weighted by atomic mass is 32.2. The number of morpholine rings is 1. The number of sulfonamides is 1. The summed E-state index contributed by atoms with van der Waals surface area (Å²) >= 11 is 0. The van der Waals surface area contributed by atoms with Gasteiger partial charge in [0.05, 0.1) is 65.2 Å². The predicted molar refractivity (Wildman–Crippen MR) is 272 cm³/mol. The fraction of sp³-hybridized carbons (Fsp3) is 0.509. The SMILES string of the molecule is CC(C)Oc1ccccc1[C@@H]1CCCN1C1CC2(CCN(c3ccc(C(=O)NS(=O)(=O)c4cc5c(c([N+](=O)[O-])c4)N[C@@H](CN4C[C@@H]6C[C@H]4CO6)CO5)c(N4c5cc6cc[nH]c6nc5O[C@@H]5COC[C@H]54)c3)CC2)C1. The Morgan fingerprint density at radius 1 is 1.00 bits per heavy atom. The van der Waals surface area contributed by atoms with E-state index in [1.807, 2.05) is 29.2 Å². The van der Waals surface area contributed by atoms with Crippen molar-refractivity contribution in [3.63, 3.8) is 0 Å². The second-order valence-corrected chi connectivity index (χ2v) is 23.4. The third kappa shape index (κ3) is 8.38. The number of nitrogens with one attached hydrogen (secondary N) is 3. The van der Waals surface area contributed by atoms with E-state index in [0.29, 0.717) is 67.4 Å². The maximum Gasteiger partial charge on any atom is 0.297 e. The number of fused-ring (bicyclic) bond motifs is 6. The van der Waals surface area contributed by atoms with Crippen LogP contribution in [0.4, 0.5) is 28.4 Å². The highest BCUT2D eigenvalue weighted by Crippen LogP contribution is 2.55. The number of nitro benzene ring substituents is 1. The summed E-state index contributed by atoms with van der Waals surface area (Å²) in [4.78, 5) is 43.6. The van der Waals surface area contributed by atoms with Gasteiger partial charge in [-0.2, -0.15) is 4.98 Å². The molecule has 9 heterocycles. The van der Waals surface area contributed by atoms with Crippen LogP contribution in [-0.2, 0) is 19.5 Å². The normalized spacial score (nSPS) is 26.5. The van der Waals surface area contributed by atoms with Gasteiger partial charge in [-0.3, -0.25) is 24.7 Å². The summed E-state index contributed by atoms with van der Waals surface area (Å²) in [7, 11) is -4.70. The number of amides is 1. The van der Waals surface area contributed by atoms with Gasteiger partial charge in [0, 0.05) is 79.3 Å². The van der Waals surface area contributed by atoms with Crippen LogP contribution in [0.15, 0.2) is 77.8 Å². The number of anilines is 4. The summed E-state index contributed by atoms with van der Waals surface area (Å²) in [6.07, 6.45) is 9.31. The second kappa shape index (κ2) is 18.0. The minimum atomic E-state index is -4.70. The highest BCUT2D eigenvalue weighted by Gasteiger charge is 2.51. The molecule has 13 rings (SSSR count). The van der Waals surface area contributed by atoms with Crippen molar-refractivity contribution >= 4 is 55.4 Å². The number of piperidine rings is 1. The van der Waals surface area contributed by atoms with Crippen molar-refractivity contribution < 1.29 is 41.8 Å². The number of nitrogens with zero attached hydrogens (tertiary/aromatic N) is 6. The number of aromatic nitrogens is 2. The van der Waals surface area contributed by atoms with Crippen molar-refractivity contribution in [1.29, 1.82) is 0 Å². The number of carbonyl (C=O) groups excluding carboxylic acids is 1. The standard InChI is InChI=1S/C53H61N9O10S/c1-31(2)71-46-8-4-3-6-39(46)41-7-5-15-60(41)36-23-53(24-36)12-16-58(17-13-53)34-9-10-40(42(20-34)61-44-18-32-11-14-54-50(32)56-52(44)72-48-30-68-29-45(48)61)51(63)57-73(66,67)38-21-43(62(64)65)49-47(22-38)70-27-33(55-49)25-59-26-37-19-35(59)28-69-37/h3-4,6,8-11,14,18,20-22,31,33,35-37,41,45,48,55H,5,7,12-13,15-17,19,23-30H2,1-2H3,(H,54,56)(H,57,63)/t33-,35-,37-,41-,45+,48+/m0/s1. The lowest BCUT2D eigenvalue weighted by atomic mass is 9.60. The summed E-state index contributed by atoms with van der Waals surface area (Å²) < 4.78 is 61.5. The van der Waals surface area contributed by atoms with E-state index in [1.54, 1.807) is 12.3 Å².